The van der Waals surface area contributed by atoms with E-state index in [0.717, 1.165) is 37.8 Å². The Balaban J connectivity index is 1.76. The van der Waals surface area contributed by atoms with Gasteiger partial charge in [0.05, 0.1) is 5.56 Å². The number of alkyl halides is 3. The van der Waals surface area contributed by atoms with Gasteiger partial charge in [0.2, 0.25) is 0 Å². The molecule has 1 aromatic rings. The number of methoxy groups -OCH3 is 1. The highest BCUT2D eigenvalue weighted by Gasteiger charge is 2.34. The molecule has 0 aromatic heterocycles. The molecule has 134 valence electrons. The summed E-state index contributed by atoms with van der Waals surface area (Å²) in [5.41, 5.74) is -0.761. The van der Waals surface area contributed by atoms with Crippen LogP contribution in [0.2, 0.25) is 0 Å². The van der Waals surface area contributed by atoms with Crippen molar-refractivity contribution in [1.29, 1.82) is 0 Å². The van der Waals surface area contributed by atoms with Gasteiger partial charge in [-0.05, 0) is 43.9 Å². The Morgan fingerprint density at radius 3 is 2.46 bits per heavy atom. The predicted octanol–water partition coefficient (Wildman–Crippen LogP) is 3.74. The molecule has 2 aliphatic heterocycles. The molecule has 0 saturated carbocycles. The zero-order valence-corrected chi connectivity index (χ0v) is 13.6. The average Bonchev–Trinajstić information content (AvgIpc) is 2.52. The SMILES string of the molecule is COCOc1cc(C(F)(F)F)ccc1O[C@H]1C[C@H]2CCC[C@@H](C1)N2. The predicted molar refractivity (Wildman–Crippen MR) is 82.2 cm³/mol. The third kappa shape index (κ3) is 4.13. The highest BCUT2D eigenvalue weighted by atomic mass is 19.4. The molecule has 7 heteroatoms. The van der Waals surface area contributed by atoms with Crippen LogP contribution < -0.4 is 14.8 Å². The lowest BCUT2D eigenvalue weighted by atomic mass is 9.85. The van der Waals surface area contributed by atoms with Crippen molar-refractivity contribution in [2.45, 2.75) is 56.5 Å². The number of piperidine rings is 2. The number of hydrogen-bond acceptors (Lipinski definition) is 4. The smallest absolute Gasteiger partial charge is 0.416 e. The van der Waals surface area contributed by atoms with E-state index in [9.17, 15) is 13.2 Å². The van der Waals surface area contributed by atoms with Gasteiger partial charge >= 0.3 is 6.18 Å². The van der Waals surface area contributed by atoms with Gasteiger partial charge in [0.25, 0.3) is 0 Å². The Kier molecular flexibility index (Phi) is 5.20. The fraction of sp³-hybridized carbons (Fsp3) is 0.647. The number of halogens is 3. The summed E-state index contributed by atoms with van der Waals surface area (Å²) in [4.78, 5) is 0. The number of hydrogen-bond donors (Lipinski definition) is 1. The largest absolute Gasteiger partial charge is 0.486 e. The molecule has 3 rings (SSSR count). The molecule has 2 heterocycles. The summed E-state index contributed by atoms with van der Waals surface area (Å²) in [6.07, 6.45) is 0.755. The fourth-order valence-electron chi connectivity index (χ4n) is 3.51. The van der Waals surface area contributed by atoms with E-state index in [4.69, 9.17) is 14.2 Å². The van der Waals surface area contributed by atoms with Gasteiger partial charge in [-0.1, -0.05) is 6.42 Å². The minimum atomic E-state index is -4.42. The molecule has 0 spiro atoms. The third-order valence-electron chi connectivity index (χ3n) is 4.57. The third-order valence-corrected chi connectivity index (χ3v) is 4.57. The van der Waals surface area contributed by atoms with Crippen molar-refractivity contribution in [2.75, 3.05) is 13.9 Å². The molecule has 2 fully saturated rings. The van der Waals surface area contributed by atoms with Crippen molar-refractivity contribution in [3.63, 3.8) is 0 Å². The van der Waals surface area contributed by atoms with Crippen LogP contribution in [0.3, 0.4) is 0 Å². The number of nitrogens with one attached hydrogen (secondary N) is 1. The van der Waals surface area contributed by atoms with E-state index >= 15 is 0 Å². The maximum absolute atomic E-state index is 12.9. The fourth-order valence-corrected chi connectivity index (χ4v) is 3.51. The highest BCUT2D eigenvalue weighted by Crippen LogP contribution is 2.38. The first-order valence-electron chi connectivity index (χ1n) is 8.21. The maximum atomic E-state index is 12.9. The summed E-state index contributed by atoms with van der Waals surface area (Å²) in [5, 5.41) is 3.57. The van der Waals surface area contributed by atoms with E-state index in [1.807, 2.05) is 0 Å². The first-order chi connectivity index (χ1) is 11.5. The number of fused-ring (bicyclic) bond motifs is 2. The maximum Gasteiger partial charge on any atom is 0.416 e. The molecule has 0 aliphatic carbocycles. The summed E-state index contributed by atoms with van der Waals surface area (Å²) in [7, 11) is 1.42. The normalized spacial score (nSPS) is 26.9. The summed E-state index contributed by atoms with van der Waals surface area (Å²) >= 11 is 0. The van der Waals surface area contributed by atoms with Gasteiger partial charge in [-0.2, -0.15) is 13.2 Å². The molecular weight excluding hydrogens is 323 g/mol. The minimum Gasteiger partial charge on any atom is -0.486 e. The van der Waals surface area contributed by atoms with Crippen LogP contribution in [0.1, 0.15) is 37.7 Å². The van der Waals surface area contributed by atoms with Crippen LogP contribution in [0.25, 0.3) is 0 Å². The molecule has 0 radical (unpaired) electrons. The summed E-state index contributed by atoms with van der Waals surface area (Å²) in [5.74, 6) is 0.403. The lowest BCUT2D eigenvalue weighted by Gasteiger charge is -2.40. The van der Waals surface area contributed by atoms with Crippen molar-refractivity contribution >= 4 is 0 Å². The van der Waals surface area contributed by atoms with Crippen LogP contribution in [0.15, 0.2) is 18.2 Å². The van der Waals surface area contributed by atoms with Gasteiger partial charge in [0, 0.05) is 19.2 Å². The van der Waals surface area contributed by atoms with Crippen LogP contribution in [-0.4, -0.2) is 32.1 Å². The zero-order chi connectivity index (χ0) is 17.2. The van der Waals surface area contributed by atoms with Crippen molar-refractivity contribution in [2.24, 2.45) is 0 Å². The Bertz CT molecular complexity index is 553. The second-order valence-electron chi connectivity index (χ2n) is 6.41. The number of ether oxygens (including phenoxy) is 3. The standard InChI is InChI=1S/C17H22F3NO3/c1-22-10-23-16-7-11(17(18,19)20)5-6-15(16)24-14-8-12-3-2-4-13(9-14)21-12/h5-7,12-14,21H,2-4,8-10H2,1H3/t12-,13+,14+. The van der Waals surface area contributed by atoms with Gasteiger partial charge in [-0.25, -0.2) is 0 Å². The van der Waals surface area contributed by atoms with Crippen LogP contribution in [0, 0.1) is 0 Å². The van der Waals surface area contributed by atoms with Gasteiger partial charge in [-0.3, -0.25) is 0 Å². The van der Waals surface area contributed by atoms with Crippen LogP contribution in [0.5, 0.6) is 11.5 Å². The van der Waals surface area contributed by atoms with Gasteiger partial charge < -0.3 is 19.5 Å². The zero-order valence-electron chi connectivity index (χ0n) is 13.6. The van der Waals surface area contributed by atoms with E-state index in [0.29, 0.717) is 17.8 Å². The average molecular weight is 345 g/mol. The molecule has 4 nitrogen and oxygen atoms in total. The van der Waals surface area contributed by atoms with Crippen LogP contribution >= 0.6 is 0 Å². The Hall–Kier alpha value is -1.47. The number of rotatable bonds is 5. The van der Waals surface area contributed by atoms with Crippen molar-refractivity contribution in [1.82, 2.24) is 5.32 Å². The lowest BCUT2D eigenvalue weighted by molar-refractivity contribution is -0.137. The van der Waals surface area contributed by atoms with E-state index in [1.165, 1.54) is 19.6 Å². The van der Waals surface area contributed by atoms with Gasteiger partial charge in [0.15, 0.2) is 18.3 Å². The second-order valence-corrected chi connectivity index (χ2v) is 6.41. The van der Waals surface area contributed by atoms with E-state index < -0.39 is 11.7 Å². The van der Waals surface area contributed by atoms with Crippen molar-refractivity contribution in [3.05, 3.63) is 23.8 Å². The first-order valence-corrected chi connectivity index (χ1v) is 8.21. The monoisotopic (exact) mass is 345 g/mol. The number of benzene rings is 1. The molecule has 0 unspecified atom stereocenters. The summed E-state index contributed by atoms with van der Waals surface area (Å²) < 4.78 is 54.8. The molecular formula is C17H22F3NO3. The van der Waals surface area contributed by atoms with Crippen molar-refractivity contribution < 1.29 is 27.4 Å². The molecule has 0 amide bonds. The highest BCUT2D eigenvalue weighted by molar-refractivity contribution is 5.44. The molecule has 3 atom stereocenters. The van der Waals surface area contributed by atoms with E-state index in [1.54, 1.807) is 0 Å². The topological polar surface area (TPSA) is 39.7 Å². The minimum absolute atomic E-state index is 0.0109. The second kappa shape index (κ2) is 7.19. The molecule has 2 saturated heterocycles. The van der Waals surface area contributed by atoms with Crippen LogP contribution in [-0.2, 0) is 10.9 Å². The van der Waals surface area contributed by atoms with Gasteiger partial charge in [0.1, 0.15) is 6.10 Å². The van der Waals surface area contributed by atoms with E-state index in [-0.39, 0.29) is 18.6 Å². The van der Waals surface area contributed by atoms with Crippen molar-refractivity contribution in [3.8, 4) is 11.5 Å². The molecule has 24 heavy (non-hydrogen) atoms. The molecule has 2 aliphatic rings. The van der Waals surface area contributed by atoms with E-state index in [2.05, 4.69) is 5.32 Å². The quantitative estimate of drug-likeness (QED) is 0.826. The Labute approximate surface area is 139 Å². The lowest BCUT2D eigenvalue weighted by Crippen LogP contribution is -2.51. The summed E-state index contributed by atoms with van der Waals surface area (Å²) in [6.45, 7) is -0.130. The van der Waals surface area contributed by atoms with Gasteiger partial charge in [-0.15, -0.1) is 0 Å². The Morgan fingerprint density at radius 1 is 1.12 bits per heavy atom. The first kappa shape index (κ1) is 17.4. The molecule has 2 bridgehead atoms. The molecule has 1 N–H and O–H groups in total. The molecule has 1 aromatic carbocycles. The van der Waals surface area contributed by atoms with Crippen LogP contribution in [0.4, 0.5) is 13.2 Å². The Morgan fingerprint density at radius 2 is 1.83 bits per heavy atom. The summed E-state index contributed by atoms with van der Waals surface area (Å²) in [6, 6.07) is 4.19.